The number of aromatic nitrogens is 4. The Hall–Kier alpha value is -1.99. The van der Waals surface area contributed by atoms with Crippen LogP contribution in [0.25, 0.3) is 0 Å². The first-order valence-electron chi connectivity index (χ1n) is 10.2. The molecule has 28 heavy (non-hydrogen) atoms. The third kappa shape index (κ3) is 4.05. The van der Waals surface area contributed by atoms with Crippen LogP contribution in [0.2, 0.25) is 5.02 Å². The fraction of sp³-hybridized carbons (Fsp3) is 0.600. The van der Waals surface area contributed by atoms with Gasteiger partial charge in [-0.25, -0.2) is 4.68 Å². The molecule has 7 nitrogen and oxygen atoms in total. The number of nitrogens with zero attached hydrogens (tertiary/aromatic N) is 5. The highest BCUT2D eigenvalue weighted by Gasteiger charge is 2.34. The summed E-state index contributed by atoms with van der Waals surface area (Å²) in [4.78, 5) is 13.9. The second-order valence-corrected chi connectivity index (χ2v) is 8.38. The predicted octanol–water partition coefficient (Wildman–Crippen LogP) is 3.12. The van der Waals surface area contributed by atoms with Gasteiger partial charge in [0.1, 0.15) is 0 Å². The molecule has 0 spiro atoms. The summed E-state index contributed by atoms with van der Waals surface area (Å²) >= 11 is 6.12. The van der Waals surface area contributed by atoms with E-state index in [0.717, 1.165) is 50.2 Å². The van der Waals surface area contributed by atoms with E-state index in [1.807, 2.05) is 28.9 Å². The van der Waals surface area contributed by atoms with Gasteiger partial charge in [-0.1, -0.05) is 43.0 Å². The number of amides is 1. The van der Waals surface area contributed by atoms with E-state index in [1.54, 1.807) is 0 Å². The van der Waals surface area contributed by atoms with Crippen molar-refractivity contribution in [2.45, 2.75) is 57.0 Å². The predicted molar refractivity (Wildman–Crippen MR) is 107 cm³/mol. The van der Waals surface area contributed by atoms with Crippen LogP contribution in [0.15, 0.2) is 24.3 Å². The Labute approximate surface area is 170 Å². The number of tetrazole rings is 1. The number of rotatable bonds is 5. The second-order valence-electron chi connectivity index (χ2n) is 7.94. The molecule has 1 aromatic carbocycles. The molecule has 2 heterocycles. The van der Waals surface area contributed by atoms with Crippen LogP contribution in [0.3, 0.4) is 0 Å². The van der Waals surface area contributed by atoms with E-state index in [0.29, 0.717) is 11.1 Å². The molecule has 1 aromatic heterocycles. The van der Waals surface area contributed by atoms with Crippen molar-refractivity contribution < 1.29 is 4.79 Å². The van der Waals surface area contributed by atoms with E-state index >= 15 is 0 Å². The molecule has 1 atom stereocenters. The molecule has 2 aliphatic rings. The van der Waals surface area contributed by atoms with Gasteiger partial charge in [0, 0.05) is 10.9 Å². The van der Waals surface area contributed by atoms with Crippen LogP contribution in [-0.4, -0.2) is 44.1 Å². The fourth-order valence-corrected chi connectivity index (χ4v) is 4.70. The van der Waals surface area contributed by atoms with Gasteiger partial charge >= 0.3 is 0 Å². The molecule has 1 aliphatic heterocycles. The number of benzene rings is 1. The maximum absolute atomic E-state index is 11.6. The maximum Gasteiger partial charge on any atom is 0.220 e. The monoisotopic (exact) mass is 402 g/mol. The second kappa shape index (κ2) is 8.57. The van der Waals surface area contributed by atoms with E-state index < -0.39 is 0 Å². The third-order valence-corrected chi connectivity index (χ3v) is 6.42. The molecule has 4 rings (SSSR count). The zero-order valence-corrected chi connectivity index (χ0v) is 16.8. The van der Waals surface area contributed by atoms with Crippen molar-refractivity contribution in [2.75, 3.05) is 13.1 Å². The Morgan fingerprint density at radius 1 is 1.07 bits per heavy atom. The van der Waals surface area contributed by atoms with Crippen LogP contribution < -0.4 is 5.73 Å². The van der Waals surface area contributed by atoms with E-state index in [-0.39, 0.29) is 17.9 Å². The number of hydrogen-bond acceptors (Lipinski definition) is 5. The zero-order valence-electron chi connectivity index (χ0n) is 16.0. The lowest BCUT2D eigenvalue weighted by Crippen LogP contribution is -2.41. The van der Waals surface area contributed by atoms with Crippen LogP contribution >= 0.6 is 11.6 Å². The van der Waals surface area contributed by atoms with E-state index in [9.17, 15) is 4.79 Å². The summed E-state index contributed by atoms with van der Waals surface area (Å²) in [6.45, 7) is 1.58. The Kier molecular flexibility index (Phi) is 5.92. The quantitative estimate of drug-likeness (QED) is 0.829. The average molecular weight is 403 g/mol. The van der Waals surface area contributed by atoms with E-state index in [1.165, 1.54) is 19.3 Å². The Morgan fingerprint density at radius 2 is 1.75 bits per heavy atom. The zero-order chi connectivity index (χ0) is 19.5. The number of nitrogens with two attached hydrogens (primary N) is 1. The highest BCUT2D eigenvalue weighted by atomic mass is 35.5. The molecule has 0 radical (unpaired) electrons. The van der Waals surface area contributed by atoms with Crippen LogP contribution in [0.4, 0.5) is 0 Å². The van der Waals surface area contributed by atoms with E-state index in [2.05, 4.69) is 20.4 Å². The summed E-state index contributed by atoms with van der Waals surface area (Å²) in [5.74, 6) is 0.637. The average Bonchev–Trinajstić information content (AvgIpc) is 3.20. The summed E-state index contributed by atoms with van der Waals surface area (Å²) in [6, 6.07) is 8.23. The van der Waals surface area contributed by atoms with Crippen molar-refractivity contribution >= 4 is 17.5 Å². The SMILES string of the molecule is NC(=O)C1CCN([C@@H](c2ccc(Cl)cc2)c2nnnn2C2CCCCC2)CC1. The lowest BCUT2D eigenvalue weighted by Gasteiger charge is -2.37. The first kappa shape index (κ1) is 19.3. The molecule has 2 aromatic rings. The summed E-state index contributed by atoms with van der Waals surface area (Å²) in [6.07, 6.45) is 7.51. The molecule has 8 heteroatoms. The maximum atomic E-state index is 11.6. The van der Waals surface area contributed by atoms with Gasteiger partial charge in [-0.2, -0.15) is 0 Å². The van der Waals surface area contributed by atoms with E-state index in [4.69, 9.17) is 17.3 Å². The first-order chi connectivity index (χ1) is 13.6. The summed E-state index contributed by atoms with van der Waals surface area (Å²) in [7, 11) is 0. The largest absolute Gasteiger partial charge is 0.369 e. The summed E-state index contributed by atoms with van der Waals surface area (Å²) in [5, 5.41) is 13.6. The Balaban J connectivity index is 1.65. The minimum absolute atomic E-state index is 0.0449. The first-order valence-corrected chi connectivity index (χ1v) is 10.6. The number of primary amides is 1. The van der Waals surface area contributed by atoms with Crippen LogP contribution in [-0.2, 0) is 4.79 Å². The van der Waals surface area contributed by atoms with Gasteiger partial charge < -0.3 is 5.73 Å². The minimum Gasteiger partial charge on any atom is -0.369 e. The summed E-state index contributed by atoms with van der Waals surface area (Å²) < 4.78 is 2.04. The van der Waals surface area contributed by atoms with Gasteiger partial charge in [-0.05, 0) is 66.9 Å². The Bertz CT molecular complexity index is 793. The molecule has 2 fully saturated rings. The number of likely N-dealkylation sites (tertiary alicyclic amines) is 1. The van der Waals surface area contributed by atoms with Gasteiger partial charge in [-0.3, -0.25) is 9.69 Å². The molecule has 150 valence electrons. The molecular formula is C20H27ClN6O. The van der Waals surface area contributed by atoms with Crippen molar-refractivity contribution in [1.29, 1.82) is 0 Å². The van der Waals surface area contributed by atoms with Gasteiger partial charge in [0.15, 0.2) is 5.82 Å². The standard InChI is InChI=1S/C20H27ClN6O/c21-16-8-6-14(7-9-16)18(26-12-10-15(11-13-26)19(22)28)20-23-24-25-27(20)17-4-2-1-3-5-17/h6-9,15,17-18H,1-5,10-13H2,(H2,22,28)/t18-/m0/s1. The van der Waals surface area contributed by atoms with Gasteiger partial charge in [-0.15, -0.1) is 5.10 Å². The normalized spacial score (nSPS) is 20.9. The lowest BCUT2D eigenvalue weighted by molar-refractivity contribution is -0.123. The van der Waals surface area contributed by atoms with Crippen LogP contribution in [0.1, 0.15) is 68.4 Å². The van der Waals surface area contributed by atoms with Crippen LogP contribution in [0, 0.1) is 5.92 Å². The lowest BCUT2D eigenvalue weighted by atomic mass is 9.92. The molecule has 1 saturated carbocycles. The molecule has 1 saturated heterocycles. The Morgan fingerprint density at radius 3 is 2.39 bits per heavy atom. The number of piperidine rings is 1. The number of hydrogen-bond donors (Lipinski definition) is 1. The highest BCUT2D eigenvalue weighted by molar-refractivity contribution is 6.30. The smallest absolute Gasteiger partial charge is 0.220 e. The van der Waals surface area contributed by atoms with Gasteiger partial charge in [0.2, 0.25) is 5.91 Å². The molecule has 1 amide bonds. The summed E-state index contributed by atoms with van der Waals surface area (Å²) in [5.41, 5.74) is 6.64. The van der Waals surface area contributed by atoms with Crippen LogP contribution in [0.5, 0.6) is 0 Å². The minimum atomic E-state index is -0.199. The van der Waals surface area contributed by atoms with Crippen molar-refractivity contribution in [3.8, 4) is 0 Å². The van der Waals surface area contributed by atoms with Crippen molar-refractivity contribution in [3.63, 3.8) is 0 Å². The number of halogens is 1. The van der Waals surface area contributed by atoms with Gasteiger partial charge in [0.05, 0.1) is 12.1 Å². The highest BCUT2D eigenvalue weighted by Crippen LogP contribution is 2.35. The van der Waals surface area contributed by atoms with Gasteiger partial charge in [0.25, 0.3) is 0 Å². The van der Waals surface area contributed by atoms with Crippen molar-refractivity contribution in [3.05, 3.63) is 40.7 Å². The number of carbonyl (C=O) groups excluding carboxylic acids is 1. The van der Waals surface area contributed by atoms with Crippen molar-refractivity contribution in [2.24, 2.45) is 11.7 Å². The molecule has 2 N–H and O–H groups in total. The topological polar surface area (TPSA) is 89.9 Å². The fourth-order valence-electron chi connectivity index (χ4n) is 4.58. The molecule has 0 bridgehead atoms. The molecular weight excluding hydrogens is 376 g/mol. The molecule has 0 unspecified atom stereocenters. The third-order valence-electron chi connectivity index (χ3n) is 6.17. The molecule has 1 aliphatic carbocycles. The van der Waals surface area contributed by atoms with Crippen molar-refractivity contribution in [1.82, 2.24) is 25.1 Å². The number of carbonyl (C=O) groups is 1.